The molecule has 0 amide bonds. The highest BCUT2D eigenvalue weighted by molar-refractivity contribution is 6.77. The van der Waals surface area contributed by atoms with Gasteiger partial charge in [-0.2, -0.15) is 0 Å². The van der Waals surface area contributed by atoms with Crippen molar-refractivity contribution in [1.82, 2.24) is 4.57 Å². The second-order valence-electron chi connectivity index (χ2n) is 7.96. The molecular formula is C23H33NOSi. The SMILES string of the molecule is C=CCCn1c(C#CO[Si](C(C)C)(C(C)C)C(C)C)cc2ccccc21. The molecule has 0 aliphatic carbocycles. The fourth-order valence-electron chi connectivity index (χ4n) is 4.29. The first-order valence-corrected chi connectivity index (χ1v) is 11.9. The van der Waals surface area contributed by atoms with Crippen molar-refractivity contribution in [2.45, 2.75) is 71.1 Å². The van der Waals surface area contributed by atoms with Crippen LogP contribution in [0.1, 0.15) is 53.7 Å². The lowest BCUT2D eigenvalue weighted by molar-refractivity contribution is 0.447. The molecule has 2 nitrogen and oxygen atoms in total. The average Bonchev–Trinajstić information content (AvgIpc) is 2.93. The van der Waals surface area contributed by atoms with Crippen molar-refractivity contribution < 1.29 is 4.43 Å². The van der Waals surface area contributed by atoms with Crippen molar-refractivity contribution in [2.24, 2.45) is 0 Å². The lowest BCUT2D eigenvalue weighted by Gasteiger charge is -2.39. The molecular weight excluding hydrogens is 334 g/mol. The van der Waals surface area contributed by atoms with Crippen molar-refractivity contribution >= 4 is 19.2 Å². The summed E-state index contributed by atoms with van der Waals surface area (Å²) in [5.41, 5.74) is 3.83. The summed E-state index contributed by atoms with van der Waals surface area (Å²) in [6, 6.07) is 10.6. The van der Waals surface area contributed by atoms with Crippen LogP contribution in [0.5, 0.6) is 0 Å². The van der Waals surface area contributed by atoms with Gasteiger partial charge in [-0.15, -0.1) is 6.58 Å². The molecule has 0 spiro atoms. The molecule has 140 valence electrons. The maximum Gasteiger partial charge on any atom is 0.272 e. The van der Waals surface area contributed by atoms with E-state index < -0.39 is 8.32 Å². The minimum atomic E-state index is -1.96. The molecule has 0 radical (unpaired) electrons. The van der Waals surface area contributed by atoms with Crippen LogP contribution < -0.4 is 0 Å². The summed E-state index contributed by atoms with van der Waals surface area (Å²) in [6.07, 6.45) is 6.01. The van der Waals surface area contributed by atoms with Crippen LogP contribution in [0, 0.1) is 12.0 Å². The number of allylic oxidation sites excluding steroid dienone is 1. The maximum absolute atomic E-state index is 6.42. The Morgan fingerprint density at radius 1 is 1.08 bits per heavy atom. The number of para-hydroxylation sites is 1. The number of aryl methyl sites for hydroxylation is 1. The van der Waals surface area contributed by atoms with Crippen LogP contribution in [0.15, 0.2) is 43.0 Å². The quantitative estimate of drug-likeness (QED) is 0.301. The van der Waals surface area contributed by atoms with Gasteiger partial charge in [0.15, 0.2) is 0 Å². The van der Waals surface area contributed by atoms with Gasteiger partial charge in [0.1, 0.15) is 6.11 Å². The van der Waals surface area contributed by atoms with Crippen molar-refractivity contribution in [1.29, 1.82) is 0 Å². The van der Waals surface area contributed by atoms with Crippen molar-refractivity contribution in [3.05, 3.63) is 48.7 Å². The van der Waals surface area contributed by atoms with Crippen molar-refractivity contribution in [2.75, 3.05) is 0 Å². The van der Waals surface area contributed by atoms with Crippen LogP contribution in [0.4, 0.5) is 0 Å². The van der Waals surface area contributed by atoms with E-state index in [1.165, 1.54) is 10.9 Å². The Labute approximate surface area is 160 Å². The second-order valence-corrected chi connectivity index (χ2v) is 13.3. The van der Waals surface area contributed by atoms with E-state index in [1.54, 1.807) is 0 Å². The zero-order valence-corrected chi connectivity index (χ0v) is 18.2. The van der Waals surface area contributed by atoms with Crippen LogP contribution in [0.3, 0.4) is 0 Å². The fraction of sp³-hybridized carbons (Fsp3) is 0.478. The number of nitrogens with zero attached hydrogens (tertiary/aromatic N) is 1. The van der Waals surface area contributed by atoms with Gasteiger partial charge in [0, 0.05) is 17.4 Å². The Kier molecular flexibility index (Phi) is 6.78. The summed E-state index contributed by atoms with van der Waals surface area (Å²) < 4.78 is 8.69. The molecule has 2 rings (SSSR count). The summed E-state index contributed by atoms with van der Waals surface area (Å²) in [7, 11) is -1.96. The molecule has 2 aromatic rings. The van der Waals surface area contributed by atoms with Gasteiger partial charge in [0.2, 0.25) is 0 Å². The smallest absolute Gasteiger partial charge is 0.272 e. The van der Waals surface area contributed by atoms with Crippen LogP contribution >= 0.6 is 0 Å². The van der Waals surface area contributed by atoms with Crippen LogP contribution in [0.2, 0.25) is 16.6 Å². The predicted octanol–water partition coefficient (Wildman–Crippen LogP) is 6.72. The number of hydrogen-bond acceptors (Lipinski definition) is 1. The van der Waals surface area contributed by atoms with Gasteiger partial charge in [-0.25, -0.2) is 0 Å². The van der Waals surface area contributed by atoms with Gasteiger partial charge in [-0.05, 0) is 41.1 Å². The van der Waals surface area contributed by atoms with E-state index in [2.05, 4.69) is 95.0 Å². The molecule has 1 aromatic carbocycles. The molecule has 1 heterocycles. The minimum absolute atomic E-state index is 0.531. The summed E-state index contributed by atoms with van der Waals surface area (Å²) in [5, 5.41) is 1.22. The van der Waals surface area contributed by atoms with Gasteiger partial charge in [0.05, 0.1) is 5.69 Å². The summed E-state index contributed by atoms with van der Waals surface area (Å²) >= 11 is 0. The molecule has 0 saturated carbocycles. The lowest BCUT2D eigenvalue weighted by atomic mass is 10.2. The largest absolute Gasteiger partial charge is 0.499 e. The fourth-order valence-corrected chi connectivity index (χ4v) is 9.23. The lowest BCUT2D eigenvalue weighted by Crippen LogP contribution is -2.46. The van der Waals surface area contributed by atoms with E-state index in [1.807, 2.05) is 6.08 Å². The van der Waals surface area contributed by atoms with Crippen LogP contribution in [0.25, 0.3) is 10.9 Å². The summed E-state index contributed by atoms with van der Waals surface area (Å²) in [6.45, 7) is 18.5. The zero-order valence-electron chi connectivity index (χ0n) is 17.2. The van der Waals surface area contributed by atoms with Gasteiger partial charge in [0.25, 0.3) is 8.32 Å². The third-order valence-electron chi connectivity index (χ3n) is 5.48. The molecule has 0 aliphatic heterocycles. The Morgan fingerprint density at radius 2 is 1.69 bits per heavy atom. The number of hydrogen-bond donors (Lipinski definition) is 0. The van der Waals surface area contributed by atoms with E-state index in [4.69, 9.17) is 4.43 Å². The molecule has 0 fully saturated rings. The predicted molar refractivity (Wildman–Crippen MR) is 116 cm³/mol. The maximum atomic E-state index is 6.42. The second kappa shape index (κ2) is 8.64. The highest BCUT2D eigenvalue weighted by Gasteiger charge is 2.46. The van der Waals surface area contributed by atoms with Gasteiger partial charge >= 0.3 is 0 Å². The minimum Gasteiger partial charge on any atom is -0.499 e. The van der Waals surface area contributed by atoms with Crippen molar-refractivity contribution in [3.63, 3.8) is 0 Å². The third-order valence-corrected chi connectivity index (χ3v) is 11.4. The summed E-state index contributed by atoms with van der Waals surface area (Å²) in [5.74, 6) is 3.32. The molecule has 0 N–H and O–H groups in total. The standard InChI is InChI=1S/C23H33NOSi/c1-8-9-15-24-22(17-21-12-10-11-13-23(21)24)14-16-25-26(18(2)3,19(4)5)20(6)7/h8,10-13,17-20H,1,9,15H2,2-7H3. The first kappa shape index (κ1) is 20.4. The number of aromatic nitrogens is 1. The van der Waals surface area contributed by atoms with E-state index in [9.17, 15) is 0 Å². The molecule has 26 heavy (non-hydrogen) atoms. The van der Waals surface area contributed by atoms with E-state index >= 15 is 0 Å². The molecule has 0 saturated heterocycles. The number of rotatable bonds is 7. The van der Waals surface area contributed by atoms with Crippen molar-refractivity contribution in [3.8, 4) is 12.0 Å². The van der Waals surface area contributed by atoms with E-state index in [0.717, 1.165) is 18.7 Å². The monoisotopic (exact) mass is 367 g/mol. The molecule has 3 heteroatoms. The Hall–Kier alpha value is -1.92. The molecule has 0 aliphatic rings. The first-order valence-electron chi connectivity index (χ1n) is 9.72. The number of fused-ring (bicyclic) bond motifs is 1. The van der Waals surface area contributed by atoms with Crippen LogP contribution in [-0.4, -0.2) is 12.9 Å². The highest BCUT2D eigenvalue weighted by atomic mass is 28.4. The average molecular weight is 368 g/mol. The highest BCUT2D eigenvalue weighted by Crippen LogP contribution is 2.41. The molecule has 0 unspecified atom stereocenters. The van der Waals surface area contributed by atoms with E-state index in [0.29, 0.717) is 16.6 Å². The topological polar surface area (TPSA) is 14.2 Å². The van der Waals surface area contributed by atoms with Gasteiger partial charge < -0.3 is 8.99 Å². The third kappa shape index (κ3) is 3.91. The Bertz CT molecular complexity index is 783. The first-order chi connectivity index (χ1) is 12.3. The van der Waals surface area contributed by atoms with E-state index in [-0.39, 0.29) is 0 Å². The summed E-state index contributed by atoms with van der Waals surface area (Å²) in [4.78, 5) is 0. The normalized spacial score (nSPS) is 11.9. The molecule has 0 bridgehead atoms. The van der Waals surface area contributed by atoms with Gasteiger partial charge in [-0.3, -0.25) is 0 Å². The van der Waals surface area contributed by atoms with Crippen LogP contribution in [-0.2, 0) is 11.0 Å². The Morgan fingerprint density at radius 3 is 2.27 bits per heavy atom. The molecule has 0 atom stereocenters. The number of benzene rings is 1. The van der Waals surface area contributed by atoms with Gasteiger partial charge in [-0.1, -0.05) is 65.8 Å². The molecule has 1 aromatic heterocycles. The Balaban J connectivity index is 2.41. The zero-order chi connectivity index (χ0) is 19.3.